The second-order valence-electron chi connectivity index (χ2n) is 6.06. The van der Waals surface area contributed by atoms with E-state index in [1.807, 2.05) is 19.1 Å². The Labute approximate surface area is 149 Å². The monoisotopic (exact) mass is 339 g/mol. The minimum Gasteiger partial charge on any atom is -0.494 e. The Morgan fingerprint density at radius 3 is 3.00 bits per heavy atom. The number of hydrogen-bond acceptors (Lipinski definition) is 4. The first-order valence-corrected chi connectivity index (χ1v) is 8.82. The van der Waals surface area contributed by atoms with Crippen molar-refractivity contribution in [1.29, 1.82) is 0 Å². The molecule has 1 aromatic carbocycles. The predicted molar refractivity (Wildman–Crippen MR) is 98.7 cm³/mol. The lowest BCUT2D eigenvalue weighted by Crippen LogP contribution is -2.32. The molecule has 1 heterocycles. The van der Waals surface area contributed by atoms with Crippen LogP contribution in [0.15, 0.2) is 72.6 Å². The van der Waals surface area contributed by atoms with Gasteiger partial charge in [-0.25, -0.2) is 0 Å². The van der Waals surface area contributed by atoms with Crippen molar-refractivity contribution in [1.82, 2.24) is 5.32 Å². The van der Waals surface area contributed by atoms with E-state index in [-0.39, 0.29) is 6.04 Å². The lowest BCUT2D eigenvalue weighted by molar-refractivity contribution is 0.225. The topological polar surface area (TPSA) is 39.7 Å². The van der Waals surface area contributed by atoms with Crippen LogP contribution in [0.5, 0.6) is 5.75 Å². The van der Waals surface area contributed by atoms with Crippen LogP contribution in [0.4, 0.5) is 0 Å². The highest BCUT2D eigenvalue weighted by Gasteiger charge is 2.19. The maximum absolute atomic E-state index is 5.66. The zero-order chi connectivity index (χ0) is 17.3. The highest BCUT2D eigenvalue weighted by molar-refractivity contribution is 5.29. The molecule has 0 spiro atoms. The van der Waals surface area contributed by atoms with E-state index >= 15 is 0 Å². The molecule has 4 heteroatoms. The highest BCUT2D eigenvalue weighted by atomic mass is 16.5. The molecule has 1 aromatic rings. The molecular formula is C21H25NO3. The molecule has 1 aliphatic heterocycles. The summed E-state index contributed by atoms with van der Waals surface area (Å²) in [5, 5.41) is 3.59. The smallest absolute Gasteiger partial charge is 0.155 e. The minimum absolute atomic E-state index is 0.0680. The van der Waals surface area contributed by atoms with E-state index in [1.165, 1.54) is 17.4 Å². The quantitative estimate of drug-likeness (QED) is 0.753. The summed E-state index contributed by atoms with van der Waals surface area (Å²) in [5.74, 6) is 1.71. The molecule has 1 N–H and O–H groups in total. The third-order valence-electron chi connectivity index (χ3n) is 4.19. The minimum atomic E-state index is 0.0680. The van der Waals surface area contributed by atoms with Gasteiger partial charge < -0.3 is 19.5 Å². The van der Waals surface area contributed by atoms with Gasteiger partial charge >= 0.3 is 0 Å². The summed E-state index contributed by atoms with van der Waals surface area (Å²) in [7, 11) is 0. The lowest BCUT2D eigenvalue weighted by atomic mass is 9.97. The van der Waals surface area contributed by atoms with Gasteiger partial charge in [0, 0.05) is 6.54 Å². The zero-order valence-electron chi connectivity index (χ0n) is 14.6. The summed E-state index contributed by atoms with van der Waals surface area (Å²) < 4.78 is 16.5. The summed E-state index contributed by atoms with van der Waals surface area (Å²) in [4.78, 5) is 0. The molecule has 25 heavy (non-hydrogen) atoms. The Hall–Kier alpha value is -2.46. The third-order valence-corrected chi connectivity index (χ3v) is 4.19. The Bertz CT molecular complexity index is 688. The second kappa shape index (κ2) is 9.14. The van der Waals surface area contributed by atoms with Gasteiger partial charge in [0.15, 0.2) is 5.76 Å². The van der Waals surface area contributed by atoms with Crippen molar-refractivity contribution in [2.45, 2.75) is 38.8 Å². The molecule has 3 rings (SSSR count). The first kappa shape index (κ1) is 17.4. The van der Waals surface area contributed by atoms with Crippen LogP contribution in [0.2, 0.25) is 0 Å². The van der Waals surface area contributed by atoms with E-state index in [1.54, 1.807) is 12.5 Å². The van der Waals surface area contributed by atoms with Gasteiger partial charge in [0.2, 0.25) is 0 Å². The molecule has 0 bridgehead atoms. The largest absolute Gasteiger partial charge is 0.494 e. The van der Waals surface area contributed by atoms with Crippen LogP contribution in [0.25, 0.3) is 0 Å². The molecule has 0 amide bonds. The predicted octanol–water partition coefficient (Wildman–Crippen LogP) is 4.57. The fourth-order valence-corrected chi connectivity index (χ4v) is 2.95. The Kier molecular flexibility index (Phi) is 6.35. The van der Waals surface area contributed by atoms with Gasteiger partial charge in [-0.05, 0) is 43.9 Å². The first-order chi connectivity index (χ1) is 12.3. The van der Waals surface area contributed by atoms with Crippen LogP contribution in [0.1, 0.15) is 31.7 Å². The maximum Gasteiger partial charge on any atom is 0.155 e. The van der Waals surface area contributed by atoms with Gasteiger partial charge in [0.25, 0.3) is 0 Å². The van der Waals surface area contributed by atoms with Gasteiger partial charge in [-0.3, -0.25) is 0 Å². The van der Waals surface area contributed by atoms with Crippen molar-refractivity contribution in [3.8, 4) is 5.75 Å². The van der Waals surface area contributed by atoms with E-state index in [4.69, 9.17) is 14.2 Å². The summed E-state index contributed by atoms with van der Waals surface area (Å²) in [6.45, 7) is 3.40. The average Bonchev–Trinajstić information content (AvgIpc) is 2.67. The SMILES string of the molecule is CCOc1cccc(CNC(CC2=CC=CCC2)C2=COC=CO2)c1. The van der Waals surface area contributed by atoms with Crippen LogP contribution >= 0.6 is 0 Å². The normalized spacial score (nSPS) is 17.2. The van der Waals surface area contributed by atoms with Gasteiger partial charge in [0.05, 0.1) is 12.6 Å². The van der Waals surface area contributed by atoms with Crippen molar-refractivity contribution < 1.29 is 14.2 Å². The lowest BCUT2D eigenvalue weighted by Gasteiger charge is -2.24. The van der Waals surface area contributed by atoms with E-state index in [0.29, 0.717) is 6.61 Å². The van der Waals surface area contributed by atoms with Crippen LogP contribution in [-0.2, 0) is 16.0 Å². The highest BCUT2D eigenvalue weighted by Crippen LogP contribution is 2.23. The second-order valence-corrected chi connectivity index (χ2v) is 6.06. The summed E-state index contributed by atoms with van der Waals surface area (Å²) in [6, 6.07) is 8.24. The Morgan fingerprint density at radius 1 is 1.28 bits per heavy atom. The van der Waals surface area contributed by atoms with Crippen molar-refractivity contribution in [3.05, 3.63) is 78.2 Å². The molecule has 0 saturated carbocycles. The maximum atomic E-state index is 5.66. The average molecular weight is 339 g/mol. The number of hydrogen-bond donors (Lipinski definition) is 1. The van der Waals surface area contributed by atoms with Crippen molar-refractivity contribution in [3.63, 3.8) is 0 Å². The van der Waals surface area contributed by atoms with Gasteiger partial charge in [0.1, 0.15) is 24.5 Å². The summed E-state index contributed by atoms with van der Waals surface area (Å²) >= 11 is 0. The van der Waals surface area contributed by atoms with E-state index in [2.05, 4.69) is 35.7 Å². The number of benzene rings is 1. The number of nitrogens with one attached hydrogen (secondary N) is 1. The van der Waals surface area contributed by atoms with E-state index in [9.17, 15) is 0 Å². The molecule has 1 unspecified atom stereocenters. The summed E-state index contributed by atoms with van der Waals surface area (Å²) in [5.41, 5.74) is 2.60. The van der Waals surface area contributed by atoms with Crippen LogP contribution in [0, 0.1) is 0 Å². The molecule has 0 aromatic heterocycles. The fourth-order valence-electron chi connectivity index (χ4n) is 2.95. The molecule has 1 atom stereocenters. The Balaban J connectivity index is 1.66. The van der Waals surface area contributed by atoms with E-state index in [0.717, 1.165) is 37.3 Å². The third kappa shape index (κ3) is 5.26. The molecular weight excluding hydrogens is 314 g/mol. The van der Waals surface area contributed by atoms with Crippen molar-refractivity contribution in [2.24, 2.45) is 0 Å². The molecule has 0 fully saturated rings. The van der Waals surface area contributed by atoms with Crippen molar-refractivity contribution in [2.75, 3.05) is 6.61 Å². The van der Waals surface area contributed by atoms with Gasteiger partial charge in [-0.15, -0.1) is 0 Å². The van der Waals surface area contributed by atoms with Crippen LogP contribution in [-0.4, -0.2) is 12.6 Å². The fraction of sp³-hybridized carbons (Fsp3) is 0.333. The number of allylic oxidation sites excluding steroid dienone is 3. The van der Waals surface area contributed by atoms with E-state index < -0.39 is 0 Å². The Morgan fingerprint density at radius 2 is 2.24 bits per heavy atom. The molecule has 0 radical (unpaired) electrons. The first-order valence-electron chi connectivity index (χ1n) is 8.82. The molecule has 132 valence electrons. The summed E-state index contributed by atoms with van der Waals surface area (Å²) in [6.07, 6.45) is 14.4. The molecule has 1 aliphatic carbocycles. The van der Waals surface area contributed by atoms with Crippen LogP contribution in [0.3, 0.4) is 0 Å². The molecule has 2 aliphatic rings. The number of rotatable bonds is 8. The zero-order valence-corrected chi connectivity index (χ0v) is 14.6. The molecule has 4 nitrogen and oxygen atoms in total. The molecule has 0 saturated heterocycles. The number of ether oxygens (including phenoxy) is 3. The van der Waals surface area contributed by atoms with Gasteiger partial charge in [-0.1, -0.05) is 35.9 Å². The standard InChI is InChI=1S/C21H25NO3/c1-2-24-19-10-6-9-18(13-19)15-22-20(21-16-23-11-12-25-21)14-17-7-4-3-5-8-17/h3-4,6-7,9-13,16,20,22H,2,5,8,14-15H2,1H3. The van der Waals surface area contributed by atoms with Gasteiger partial charge in [-0.2, -0.15) is 0 Å². The van der Waals surface area contributed by atoms with Crippen molar-refractivity contribution >= 4 is 0 Å². The van der Waals surface area contributed by atoms with Crippen LogP contribution < -0.4 is 10.1 Å².